The van der Waals surface area contributed by atoms with E-state index in [4.69, 9.17) is 16.3 Å². The van der Waals surface area contributed by atoms with Gasteiger partial charge in [0.15, 0.2) is 0 Å². The molecule has 0 amide bonds. The Bertz CT molecular complexity index is 615. The Hall–Kier alpha value is -1.74. The van der Waals surface area contributed by atoms with Crippen molar-refractivity contribution in [3.05, 3.63) is 58.4 Å². The summed E-state index contributed by atoms with van der Waals surface area (Å²) in [5, 5.41) is 3.60. The van der Waals surface area contributed by atoms with Crippen molar-refractivity contribution in [2.45, 2.75) is 13.0 Å². The van der Waals surface area contributed by atoms with Crippen LogP contribution in [0, 0.1) is 5.82 Å². The summed E-state index contributed by atoms with van der Waals surface area (Å²) in [6, 6.07) is 10.5. The van der Waals surface area contributed by atoms with Crippen LogP contribution in [0.3, 0.4) is 0 Å². The van der Waals surface area contributed by atoms with Gasteiger partial charge in [0.2, 0.25) is 0 Å². The van der Waals surface area contributed by atoms with Crippen LogP contribution >= 0.6 is 11.6 Å². The van der Waals surface area contributed by atoms with Gasteiger partial charge in [-0.3, -0.25) is 0 Å². The summed E-state index contributed by atoms with van der Waals surface area (Å²) in [6.45, 7) is 1.41. The van der Waals surface area contributed by atoms with Gasteiger partial charge in [-0.2, -0.15) is 0 Å². The maximum atomic E-state index is 12.9. The Kier molecular flexibility index (Phi) is 3.30. The normalized spacial score (nSPS) is 12.9. The van der Waals surface area contributed by atoms with Crippen molar-refractivity contribution in [3.63, 3.8) is 0 Å². The molecule has 2 aromatic carbocycles. The van der Waals surface area contributed by atoms with Gasteiger partial charge in [-0.1, -0.05) is 23.7 Å². The van der Waals surface area contributed by atoms with E-state index >= 15 is 0 Å². The molecule has 1 aliphatic rings. The molecule has 1 aliphatic heterocycles. The van der Waals surface area contributed by atoms with Crippen LogP contribution in [0.2, 0.25) is 5.02 Å². The Morgan fingerprint density at radius 3 is 2.95 bits per heavy atom. The molecule has 3 rings (SSSR count). The number of halogens is 2. The molecule has 0 aliphatic carbocycles. The zero-order valence-electron chi connectivity index (χ0n) is 10.2. The third kappa shape index (κ3) is 2.66. The van der Waals surface area contributed by atoms with Gasteiger partial charge in [-0.25, -0.2) is 4.39 Å². The van der Waals surface area contributed by atoms with Gasteiger partial charge >= 0.3 is 0 Å². The minimum absolute atomic E-state index is 0.328. The summed E-state index contributed by atoms with van der Waals surface area (Å²) in [6.07, 6.45) is 0.959. The van der Waals surface area contributed by atoms with Crippen LogP contribution in [0.25, 0.3) is 0 Å². The Labute approximate surface area is 116 Å². The first kappa shape index (κ1) is 12.3. The maximum Gasteiger partial charge on any atom is 0.124 e. The van der Waals surface area contributed by atoms with Gasteiger partial charge in [-0.05, 0) is 35.4 Å². The fourth-order valence-electron chi connectivity index (χ4n) is 2.18. The van der Waals surface area contributed by atoms with E-state index in [-0.39, 0.29) is 5.82 Å². The summed E-state index contributed by atoms with van der Waals surface area (Å²) in [4.78, 5) is 0. The summed E-state index contributed by atoms with van der Waals surface area (Å²) >= 11 is 5.97. The molecule has 0 fully saturated rings. The highest BCUT2D eigenvalue weighted by molar-refractivity contribution is 6.33. The van der Waals surface area contributed by atoms with E-state index in [2.05, 4.69) is 11.4 Å². The van der Waals surface area contributed by atoms with Crippen molar-refractivity contribution in [3.8, 4) is 5.75 Å². The topological polar surface area (TPSA) is 21.3 Å². The van der Waals surface area contributed by atoms with Crippen LogP contribution in [0.5, 0.6) is 5.75 Å². The molecule has 0 radical (unpaired) electrons. The highest BCUT2D eigenvalue weighted by Crippen LogP contribution is 2.27. The first-order chi connectivity index (χ1) is 9.22. The van der Waals surface area contributed by atoms with Crippen LogP contribution < -0.4 is 10.1 Å². The van der Waals surface area contributed by atoms with Crippen LogP contribution in [0.4, 0.5) is 10.1 Å². The fraction of sp³-hybridized carbons (Fsp3) is 0.200. The number of nitrogens with one attached hydrogen (secondary N) is 1. The second-order valence-electron chi connectivity index (χ2n) is 4.52. The summed E-state index contributed by atoms with van der Waals surface area (Å²) in [5.74, 6) is 0.647. The number of rotatable bonds is 3. The second kappa shape index (κ2) is 5.10. The number of hydrogen-bond acceptors (Lipinski definition) is 2. The maximum absolute atomic E-state index is 12.9. The van der Waals surface area contributed by atoms with Gasteiger partial charge in [0.05, 0.1) is 17.3 Å². The molecule has 0 bridgehead atoms. The second-order valence-corrected chi connectivity index (χ2v) is 4.93. The molecule has 0 unspecified atom stereocenters. The van der Waals surface area contributed by atoms with Gasteiger partial charge in [0, 0.05) is 13.0 Å². The Morgan fingerprint density at radius 1 is 1.21 bits per heavy atom. The third-order valence-electron chi connectivity index (χ3n) is 3.17. The molecule has 0 saturated carbocycles. The SMILES string of the molecule is Fc1ccc(NCc2ccc3c(c2)CCO3)c(Cl)c1. The van der Waals surface area contributed by atoms with Crippen LogP contribution in [0.1, 0.15) is 11.1 Å². The van der Waals surface area contributed by atoms with E-state index in [1.165, 1.54) is 17.7 Å². The monoisotopic (exact) mass is 277 g/mol. The number of benzene rings is 2. The molecule has 19 heavy (non-hydrogen) atoms. The smallest absolute Gasteiger partial charge is 0.124 e. The molecule has 0 atom stereocenters. The molecule has 2 nitrogen and oxygen atoms in total. The lowest BCUT2D eigenvalue weighted by atomic mass is 10.1. The van der Waals surface area contributed by atoms with E-state index < -0.39 is 0 Å². The molecule has 1 heterocycles. The van der Waals surface area contributed by atoms with Gasteiger partial charge < -0.3 is 10.1 Å². The van der Waals surface area contributed by atoms with Crippen molar-refractivity contribution < 1.29 is 9.13 Å². The van der Waals surface area contributed by atoms with Crippen molar-refractivity contribution in [1.82, 2.24) is 0 Å². The number of ether oxygens (including phenoxy) is 1. The third-order valence-corrected chi connectivity index (χ3v) is 3.48. The highest BCUT2D eigenvalue weighted by atomic mass is 35.5. The van der Waals surface area contributed by atoms with Crippen LogP contribution in [-0.2, 0) is 13.0 Å². The summed E-state index contributed by atoms with van der Waals surface area (Å²) in [5.41, 5.74) is 3.13. The van der Waals surface area contributed by atoms with Gasteiger partial charge in [0.1, 0.15) is 11.6 Å². The number of hydrogen-bond donors (Lipinski definition) is 1. The van der Waals surface area contributed by atoms with E-state index in [1.807, 2.05) is 12.1 Å². The standard InChI is InChI=1S/C15H13ClFNO/c16-13-8-12(17)2-3-14(13)18-9-10-1-4-15-11(7-10)5-6-19-15/h1-4,7-8,18H,5-6,9H2. The zero-order valence-corrected chi connectivity index (χ0v) is 11.0. The molecule has 0 saturated heterocycles. The van der Waals surface area contributed by atoms with Gasteiger partial charge in [0.25, 0.3) is 0 Å². The molecular formula is C15H13ClFNO. The average molecular weight is 278 g/mol. The van der Waals surface area contributed by atoms with E-state index in [9.17, 15) is 4.39 Å². The van der Waals surface area contributed by atoms with Crippen molar-refractivity contribution in [2.75, 3.05) is 11.9 Å². The number of fused-ring (bicyclic) bond motifs is 1. The Balaban J connectivity index is 1.72. The van der Waals surface area contributed by atoms with E-state index in [0.717, 1.165) is 30.0 Å². The molecular weight excluding hydrogens is 265 g/mol. The Morgan fingerprint density at radius 2 is 2.11 bits per heavy atom. The minimum atomic E-state index is -0.328. The largest absolute Gasteiger partial charge is 0.493 e. The molecule has 0 aromatic heterocycles. The molecule has 98 valence electrons. The predicted octanol–water partition coefficient (Wildman–Crippen LogP) is 4.03. The first-order valence-electron chi connectivity index (χ1n) is 6.16. The predicted molar refractivity (Wildman–Crippen MR) is 74.4 cm³/mol. The van der Waals surface area contributed by atoms with E-state index in [1.54, 1.807) is 6.07 Å². The minimum Gasteiger partial charge on any atom is -0.493 e. The average Bonchev–Trinajstić information content (AvgIpc) is 2.85. The molecule has 0 spiro atoms. The lowest BCUT2D eigenvalue weighted by molar-refractivity contribution is 0.357. The summed E-state index contributed by atoms with van der Waals surface area (Å²) < 4.78 is 18.4. The number of anilines is 1. The molecule has 2 aromatic rings. The van der Waals surface area contributed by atoms with Crippen LogP contribution in [0.15, 0.2) is 36.4 Å². The van der Waals surface area contributed by atoms with Crippen molar-refractivity contribution in [1.29, 1.82) is 0 Å². The highest BCUT2D eigenvalue weighted by Gasteiger charge is 2.11. The first-order valence-corrected chi connectivity index (χ1v) is 6.54. The zero-order chi connectivity index (χ0) is 13.2. The van der Waals surface area contributed by atoms with Gasteiger partial charge in [-0.15, -0.1) is 0 Å². The molecule has 4 heteroatoms. The molecule has 1 N–H and O–H groups in total. The lowest BCUT2D eigenvalue weighted by Gasteiger charge is -2.09. The van der Waals surface area contributed by atoms with Crippen molar-refractivity contribution >= 4 is 17.3 Å². The summed E-state index contributed by atoms with van der Waals surface area (Å²) in [7, 11) is 0. The van der Waals surface area contributed by atoms with Crippen LogP contribution in [-0.4, -0.2) is 6.61 Å². The fourth-order valence-corrected chi connectivity index (χ4v) is 2.41. The quantitative estimate of drug-likeness (QED) is 0.915. The van der Waals surface area contributed by atoms with E-state index in [0.29, 0.717) is 11.6 Å². The van der Waals surface area contributed by atoms with Crippen molar-refractivity contribution in [2.24, 2.45) is 0 Å². The lowest BCUT2D eigenvalue weighted by Crippen LogP contribution is -2.00.